The van der Waals surface area contributed by atoms with Gasteiger partial charge in [0, 0.05) is 22.8 Å². The van der Waals surface area contributed by atoms with Crippen molar-refractivity contribution in [3.63, 3.8) is 0 Å². The van der Waals surface area contributed by atoms with Gasteiger partial charge in [0.15, 0.2) is 5.16 Å². The third-order valence-electron chi connectivity index (χ3n) is 4.55. The van der Waals surface area contributed by atoms with Gasteiger partial charge in [0.05, 0.1) is 11.3 Å². The average Bonchev–Trinajstić information content (AvgIpc) is 3.24. The van der Waals surface area contributed by atoms with Gasteiger partial charge in [0.25, 0.3) is 11.6 Å². The number of carbonyl (C=O) groups excluding carboxylic acids is 2. The quantitative estimate of drug-likeness (QED) is 0.303. The molecule has 0 aliphatic carbocycles. The summed E-state index contributed by atoms with van der Waals surface area (Å²) in [6, 6.07) is 4.80. The minimum absolute atomic E-state index is 0.132. The number of carbonyl (C=O) groups is 3. The van der Waals surface area contributed by atoms with E-state index in [0.29, 0.717) is 21.4 Å². The molecule has 0 radical (unpaired) electrons. The van der Waals surface area contributed by atoms with Crippen molar-refractivity contribution in [3.05, 3.63) is 56.9 Å². The number of hydrogen-bond donors (Lipinski definition) is 3. The molecule has 0 spiro atoms. The summed E-state index contributed by atoms with van der Waals surface area (Å²) in [5.74, 6) is -1.94. The summed E-state index contributed by atoms with van der Waals surface area (Å²) in [6.07, 6.45) is 1.15. The fourth-order valence-electron chi connectivity index (χ4n) is 3.22. The third kappa shape index (κ3) is 4.11. The molecular formula is C17H14N6O6S2. The molecule has 14 heteroatoms. The Morgan fingerprint density at radius 3 is 2.94 bits per heavy atom. The molecule has 1 aromatic heterocycles. The highest BCUT2D eigenvalue weighted by Gasteiger charge is 2.54. The predicted octanol–water partition coefficient (Wildman–Crippen LogP) is 0.744. The molecule has 2 aliphatic rings. The van der Waals surface area contributed by atoms with Crippen LogP contribution >= 0.6 is 23.5 Å². The Balaban J connectivity index is 1.45. The summed E-state index contributed by atoms with van der Waals surface area (Å²) in [6.45, 7) is 0. The summed E-state index contributed by atoms with van der Waals surface area (Å²) in [5.41, 5.74) is 0.162. The van der Waals surface area contributed by atoms with Crippen molar-refractivity contribution in [1.29, 1.82) is 0 Å². The first-order chi connectivity index (χ1) is 14.8. The van der Waals surface area contributed by atoms with Gasteiger partial charge in [-0.2, -0.15) is 5.10 Å². The van der Waals surface area contributed by atoms with Crippen LogP contribution in [0, 0.1) is 10.1 Å². The molecule has 3 N–H and O–H groups in total. The van der Waals surface area contributed by atoms with E-state index in [0.717, 1.165) is 16.7 Å². The molecule has 12 nitrogen and oxygen atoms in total. The number of hydrogen-bond acceptors (Lipinski definition) is 9. The molecule has 0 saturated carbocycles. The SMILES string of the molecule is O=C(Cc1cccc([N+](=O)[O-])c1)N[C@@H]1C(=O)N2C(C(=O)O)=C(Sc3ncn[nH]3)CS[C@@H]12. The lowest BCUT2D eigenvalue weighted by Gasteiger charge is -2.49. The van der Waals surface area contributed by atoms with Crippen LogP contribution in [0.25, 0.3) is 0 Å². The van der Waals surface area contributed by atoms with Crippen LogP contribution in [0.1, 0.15) is 5.56 Å². The Labute approximate surface area is 182 Å². The van der Waals surface area contributed by atoms with Crippen LogP contribution in [0.2, 0.25) is 0 Å². The van der Waals surface area contributed by atoms with E-state index in [-0.39, 0.29) is 17.8 Å². The second kappa shape index (κ2) is 8.39. The van der Waals surface area contributed by atoms with Crippen LogP contribution in [-0.2, 0) is 20.8 Å². The van der Waals surface area contributed by atoms with Crippen LogP contribution in [0.3, 0.4) is 0 Å². The number of aromatic amines is 1. The lowest BCUT2D eigenvalue weighted by molar-refractivity contribution is -0.384. The van der Waals surface area contributed by atoms with Crippen LogP contribution in [0.5, 0.6) is 0 Å². The number of benzene rings is 1. The van der Waals surface area contributed by atoms with Crippen molar-refractivity contribution in [1.82, 2.24) is 25.4 Å². The van der Waals surface area contributed by atoms with Gasteiger partial charge in [-0.05, 0) is 5.56 Å². The lowest BCUT2D eigenvalue weighted by atomic mass is 10.0. The number of non-ortho nitro benzene ring substituents is 1. The molecule has 4 rings (SSSR count). The maximum Gasteiger partial charge on any atom is 0.353 e. The van der Waals surface area contributed by atoms with Crippen LogP contribution in [0.4, 0.5) is 5.69 Å². The first kappa shape index (κ1) is 20.9. The number of fused-ring (bicyclic) bond motifs is 1. The summed E-state index contributed by atoms with van der Waals surface area (Å²) >= 11 is 2.41. The van der Waals surface area contributed by atoms with Gasteiger partial charge in [-0.3, -0.25) is 29.7 Å². The number of carboxylic acid groups (broad SMARTS) is 1. The molecule has 2 atom stereocenters. The van der Waals surface area contributed by atoms with E-state index in [2.05, 4.69) is 20.5 Å². The number of rotatable bonds is 7. The Morgan fingerprint density at radius 2 is 2.26 bits per heavy atom. The van der Waals surface area contributed by atoms with Gasteiger partial charge in [0.2, 0.25) is 5.91 Å². The second-order valence-corrected chi connectivity index (χ2v) is 8.72. The largest absolute Gasteiger partial charge is 0.477 e. The van der Waals surface area contributed by atoms with E-state index in [1.54, 1.807) is 6.07 Å². The topological polar surface area (TPSA) is 171 Å². The average molecular weight is 462 g/mol. The van der Waals surface area contributed by atoms with Gasteiger partial charge in [0.1, 0.15) is 23.4 Å². The van der Waals surface area contributed by atoms with Gasteiger partial charge in [-0.1, -0.05) is 23.9 Å². The van der Waals surface area contributed by atoms with E-state index in [9.17, 15) is 29.6 Å². The van der Waals surface area contributed by atoms with Crippen molar-refractivity contribution >= 4 is 47.0 Å². The number of thioether (sulfide) groups is 2. The van der Waals surface area contributed by atoms with Crippen LogP contribution in [-0.4, -0.2) is 65.1 Å². The standard InChI is InChI=1S/C17H14N6O6S2/c24-11(5-8-2-1-3-9(4-8)23(28)29)20-12-14(25)22-13(16(26)27)10(6-30-15(12)22)31-17-18-7-19-21-17/h1-4,7,12,15H,5-6H2,(H,20,24)(H,26,27)(H,18,19,21)/t12-,15+/m1/s1. The number of aliphatic carboxylic acids is 1. The smallest absolute Gasteiger partial charge is 0.353 e. The number of nitrogens with one attached hydrogen (secondary N) is 2. The molecule has 1 saturated heterocycles. The Bertz CT molecular complexity index is 1100. The monoisotopic (exact) mass is 462 g/mol. The summed E-state index contributed by atoms with van der Waals surface area (Å²) < 4.78 is 0. The minimum atomic E-state index is -1.25. The van der Waals surface area contributed by atoms with Crippen molar-refractivity contribution < 1.29 is 24.4 Å². The third-order valence-corrected chi connectivity index (χ3v) is 6.99. The molecule has 1 fully saturated rings. The number of carboxylic acids is 1. The summed E-state index contributed by atoms with van der Waals surface area (Å²) in [5, 5.41) is 29.3. The maximum atomic E-state index is 12.7. The molecule has 2 aliphatic heterocycles. The van der Waals surface area contributed by atoms with Gasteiger partial charge < -0.3 is 10.4 Å². The molecule has 31 heavy (non-hydrogen) atoms. The molecule has 2 aromatic rings. The van der Waals surface area contributed by atoms with E-state index in [1.165, 1.54) is 36.3 Å². The fourth-order valence-corrected chi connectivity index (χ4v) is 5.57. The van der Waals surface area contributed by atoms with Gasteiger partial charge >= 0.3 is 5.97 Å². The Hall–Kier alpha value is -3.39. The van der Waals surface area contributed by atoms with Crippen LogP contribution in [0.15, 0.2) is 46.4 Å². The lowest BCUT2D eigenvalue weighted by Crippen LogP contribution is -2.70. The highest BCUT2D eigenvalue weighted by Crippen LogP contribution is 2.44. The molecule has 0 unspecified atom stereocenters. The van der Waals surface area contributed by atoms with E-state index >= 15 is 0 Å². The zero-order chi connectivity index (χ0) is 22.1. The van der Waals surface area contributed by atoms with Crippen molar-refractivity contribution in [2.75, 3.05) is 5.75 Å². The normalized spacial score (nSPS) is 20.1. The van der Waals surface area contributed by atoms with E-state index in [4.69, 9.17) is 0 Å². The Morgan fingerprint density at radius 1 is 1.45 bits per heavy atom. The van der Waals surface area contributed by atoms with Crippen molar-refractivity contribution in [2.45, 2.75) is 23.0 Å². The molecule has 3 heterocycles. The highest BCUT2D eigenvalue weighted by atomic mass is 32.2. The first-order valence-electron chi connectivity index (χ1n) is 8.82. The summed E-state index contributed by atoms with van der Waals surface area (Å²) in [4.78, 5) is 52.8. The fraction of sp³-hybridized carbons (Fsp3) is 0.235. The molecule has 0 bridgehead atoms. The number of nitro benzene ring substituents is 1. The Kier molecular flexibility index (Phi) is 5.65. The van der Waals surface area contributed by atoms with Gasteiger partial charge in [-0.25, -0.2) is 9.78 Å². The zero-order valence-electron chi connectivity index (χ0n) is 15.5. The van der Waals surface area contributed by atoms with Crippen molar-refractivity contribution in [3.8, 4) is 0 Å². The van der Waals surface area contributed by atoms with E-state index < -0.39 is 34.1 Å². The predicted molar refractivity (Wildman–Crippen MR) is 109 cm³/mol. The first-order valence-corrected chi connectivity index (χ1v) is 10.7. The number of β-lactam (4-membered cyclic amide) rings is 1. The molecule has 160 valence electrons. The van der Waals surface area contributed by atoms with Gasteiger partial charge in [-0.15, -0.1) is 11.8 Å². The highest BCUT2D eigenvalue weighted by molar-refractivity contribution is 8.06. The second-order valence-electron chi connectivity index (χ2n) is 6.53. The molecule has 1 aromatic carbocycles. The zero-order valence-corrected chi connectivity index (χ0v) is 17.2. The minimum Gasteiger partial charge on any atom is -0.477 e. The molecule has 2 amide bonds. The number of nitrogens with zero attached hydrogens (tertiary/aromatic N) is 4. The number of amides is 2. The maximum absolute atomic E-state index is 12.7. The number of nitro groups is 1. The van der Waals surface area contributed by atoms with Crippen LogP contribution < -0.4 is 5.32 Å². The molecular weight excluding hydrogens is 448 g/mol. The van der Waals surface area contributed by atoms with Crippen molar-refractivity contribution in [2.24, 2.45) is 0 Å². The van der Waals surface area contributed by atoms with E-state index in [1.807, 2.05) is 0 Å². The number of aromatic nitrogens is 3. The number of H-pyrrole nitrogens is 1. The summed E-state index contributed by atoms with van der Waals surface area (Å²) in [7, 11) is 0.